The number of halogens is 1. The van der Waals surface area contributed by atoms with Crippen molar-refractivity contribution < 1.29 is 4.39 Å². The summed E-state index contributed by atoms with van der Waals surface area (Å²) in [4.78, 5) is 0. The van der Waals surface area contributed by atoms with E-state index < -0.39 is 0 Å². The Hall–Kier alpha value is -1.11. The second-order valence-corrected chi connectivity index (χ2v) is 7.28. The van der Waals surface area contributed by atoms with Crippen molar-refractivity contribution in [3.8, 4) is 0 Å². The van der Waals surface area contributed by atoms with Crippen LogP contribution in [0.1, 0.15) is 75.8 Å². The van der Waals surface area contributed by atoms with Gasteiger partial charge in [0, 0.05) is 0 Å². The van der Waals surface area contributed by atoms with Crippen molar-refractivity contribution in [2.75, 3.05) is 0 Å². The first kappa shape index (κ1) is 15.8. The smallest absolute Gasteiger partial charge is 0.123 e. The van der Waals surface area contributed by atoms with E-state index in [4.69, 9.17) is 0 Å². The van der Waals surface area contributed by atoms with Crippen molar-refractivity contribution in [3.63, 3.8) is 0 Å². The molecule has 0 radical (unpaired) electrons. The first-order valence-corrected chi connectivity index (χ1v) is 9.25. The molecule has 0 nitrogen and oxygen atoms in total. The summed E-state index contributed by atoms with van der Waals surface area (Å²) < 4.78 is 13.4. The van der Waals surface area contributed by atoms with Gasteiger partial charge in [-0.2, -0.15) is 0 Å². The van der Waals surface area contributed by atoms with Gasteiger partial charge >= 0.3 is 0 Å². The van der Waals surface area contributed by atoms with Crippen LogP contribution in [0.2, 0.25) is 0 Å². The van der Waals surface area contributed by atoms with Crippen LogP contribution in [0, 0.1) is 17.7 Å². The Labute approximate surface area is 134 Å². The summed E-state index contributed by atoms with van der Waals surface area (Å²) in [6, 6.07) is 5.27. The Kier molecular flexibility index (Phi) is 5.33. The molecule has 22 heavy (non-hydrogen) atoms. The fourth-order valence-electron chi connectivity index (χ4n) is 4.31. The van der Waals surface area contributed by atoms with Gasteiger partial charge in [0.05, 0.1) is 0 Å². The van der Waals surface area contributed by atoms with E-state index in [-0.39, 0.29) is 5.82 Å². The second kappa shape index (κ2) is 7.44. The standard InChI is InChI=1S/C21H29F/c1-2-3-4-5-16-6-8-17(9-7-16)19-11-10-18-12-13-21(22)15-20(18)14-19/h12-17H,2-11H2,1H3. The molecule has 120 valence electrons. The predicted molar refractivity (Wildman–Crippen MR) is 92.3 cm³/mol. The van der Waals surface area contributed by atoms with E-state index in [0.29, 0.717) is 0 Å². The van der Waals surface area contributed by atoms with Crippen LogP contribution in [0.5, 0.6) is 0 Å². The van der Waals surface area contributed by atoms with Crippen LogP contribution in [0.4, 0.5) is 4.39 Å². The number of unbranched alkanes of at least 4 members (excludes halogenated alkanes) is 2. The molecule has 0 atom stereocenters. The molecule has 2 aliphatic rings. The number of benzene rings is 1. The van der Waals surface area contributed by atoms with Crippen LogP contribution in [0.3, 0.4) is 0 Å². The van der Waals surface area contributed by atoms with Crippen molar-refractivity contribution in [2.45, 2.75) is 71.1 Å². The SMILES string of the molecule is CCCCCC1CCC(C2=Cc3cc(F)ccc3CC2)CC1. The lowest BCUT2D eigenvalue weighted by molar-refractivity contribution is 0.279. The fraction of sp³-hybridized carbons (Fsp3) is 0.619. The van der Waals surface area contributed by atoms with Gasteiger partial charge in [-0.25, -0.2) is 4.39 Å². The Morgan fingerprint density at radius 3 is 2.64 bits per heavy atom. The lowest BCUT2D eigenvalue weighted by Gasteiger charge is -2.32. The molecule has 1 fully saturated rings. The molecule has 1 aromatic carbocycles. The van der Waals surface area contributed by atoms with E-state index in [1.54, 1.807) is 17.7 Å². The molecular weight excluding hydrogens is 271 g/mol. The molecule has 1 heteroatoms. The average Bonchev–Trinajstić information content (AvgIpc) is 2.55. The van der Waals surface area contributed by atoms with Crippen molar-refractivity contribution in [1.29, 1.82) is 0 Å². The van der Waals surface area contributed by atoms with Crippen LogP contribution in [0.25, 0.3) is 6.08 Å². The molecule has 1 aromatic rings. The van der Waals surface area contributed by atoms with Gasteiger partial charge in [0.2, 0.25) is 0 Å². The summed E-state index contributed by atoms with van der Waals surface area (Å²) in [7, 11) is 0. The molecule has 0 bridgehead atoms. The van der Waals surface area contributed by atoms with Crippen LogP contribution in [-0.2, 0) is 6.42 Å². The summed E-state index contributed by atoms with van der Waals surface area (Å²) in [5.74, 6) is 1.63. The number of rotatable bonds is 5. The average molecular weight is 300 g/mol. The zero-order valence-corrected chi connectivity index (χ0v) is 13.9. The van der Waals surface area contributed by atoms with Crippen molar-refractivity contribution in [1.82, 2.24) is 0 Å². The highest BCUT2D eigenvalue weighted by molar-refractivity contribution is 5.60. The molecule has 0 aromatic heterocycles. The Morgan fingerprint density at radius 1 is 1.05 bits per heavy atom. The van der Waals surface area contributed by atoms with E-state index in [2.05, 4.69) is 13.0 Å². The van der Waals surface area contributed by atoms with Gasteiger partial charge in [-0.05, 0) is 73.6 Å². The molecule has 0 amide bonds. The van der Waals surface area contributed by atoms with Gasteiger partial charge in [0.25, 0.3) is 0 Å². The number of hydrogen-bond acceptors (Lipinski definition) is 0. The molecule has 1 saturated carbocycles. The highest BCUT2D eigenvalue weighted by Crippen LogP contribution is 2.39. The van der Waals surface area contributed by atoms with Crippen molar-refractivity contribution in [2.24, 2.45) is 11.8 Å². The molecule has 3 rings (SSSR count). The monoisotopic (exact) mass is 300 g/mol. The maximum atomic E-state index is 13.4. The zero-order valence-electron chi connectivity index (χ0n) is 13.9. The minimum Gasteiger partial charge on any atom is -0.207 e. The van der Waals surface area contributed by atoms with Crippen molar-refractivity contribution in [3.05, 3.63) is 40.7 Å². The van der Waals surface area contributed by atoms with E-state index in [1.165, 1.54) is 63.4 Å². The fourth-order valence-corrected chi connectivity index (χ4v) is 4.31. The van der Waals surface area contributed by atoms with Crippen LogP contribution in [-0.4, -0.2) is 0 Å². The van der Waals surface area contributed by atoms with Crippen LogP contribution >= 0.6 is 0 Å². The Bertz CT molecular complexity index is 521. The van der Waals surface area contributed by atoms with Gasteiger partial charge < -0.3 is 0 Å². The number of allylic oxidation sites excluding steroid dienone is 1. The highest BCUT2D eigenvalue weighted by atomic mass is 19.1. The molecule has 2 aliphatic carbocycles. The van der Waals surface area contributed by atoms with E-state index in [1.807, 2.05) is 6.07 Å². The van der Waals surface area contributed by atoms with Crippen LogP contribution < -0.4 is 0 Å². The molecule has 0 N–H and O–H groups in total. The maximum absolute atomic E-state index is 13.4. The van der Waals surface area contributed by atoms with E-state index >= 15 is 0 Å². The Balaban J connectivity index is 1.58. The molecule has 0 aliphatic heterocycles. The second-order valence-electron chi connectivity index (χ2n) is 7.28. The lowest BCUT2D eigenvalue weighted by Crippen LogP contribution is -2.18. The molecule has 0 spiro atoms. The predicted octanol–water partition coefficient (Wildman–Crippen LogP) is 6.54. The number of aryl methyl sites for hydroxylation is 1. The quantitative estimate of drug-likeness (QED) is 0.541. The summed E-state index contributed by atoms with van der Waals surface area (Å²) in [5, 5.41) is 0. The third kappa shape index (κ3) is 3.80. The van der Waals surface area contributed by atoms with Gasteiger partial charge in [-0.1, -0.05) is 50.3 Å². The van der Waals surface area contributed by atoms with Crippen molar-refractivity contribution >= 4 is 6.08 Å². The molecule has 0 heterocycles. The van der Waals surface area contributed by atoms with Gasteiger partial charge in [-0.15, -0.1) is 0 Å². The van der Waals surface area contributed by atoms with Crippen LogP contribution in [0.15, 0.2) is 23.8 Å². The first-order chi connectivity index (χ1) is 10.8. The van der Waals surface area contributed by atoms with Gasteiger partial charge in [-0.3, -0.25) is 0 Å². The highest BCUT2D eigenvalue weighted by Gasteiger charge is 2.25. The normalized spacial score (nSPS) is 24.7. The third-order valence-corrected chi connectivity index (χ3v) is 5.72. The van der Waals surface area contributed by atoms with E-state index in [0.717, 1.165) is 23.8 Å². The summed E-state index contributed by atoms with van der Waals surface area (Å²) >= 11 is 0. The topological polar surface area (TPSA) is 0 Å². The lowest BCUT2D eigenvalue weighted by atomic mass is 9.74. The zero-order chi connectivity index (χ0) is 15.4. The van der Waals surface area contributed by atoms with E-state index in [9.17, 15) is 4.39 Å². The van der Waals surface area contributed by atoms with Gasteiger partial charge in [0.1, 0.15) is 5.82 Å². The Morgan fingerprint density at radius 2 is 1.86 bits per heavy atom. The maximum Gasteiger partial charge on any atom is 0.123 e. The first-order valence-electron chi connectivity index (χ1n) is 9.25. The third-order valence-electron chi connectivity index (χ3n) is 5.72. The minimum atomic E-state index is -0.101. The summed E-state index contributed by atoms with van der Waals surface area (Å²) in [6.45, 7) is 2.28. The minimum absolute atomic E-state index is 0.101. The number of fused-ring (bicyclic) bond motifs is 1. The molecule has 0 unspecified atom stereocenters. The summed E-state index contributed by atoms with van der Waals surface area (Å²) in [5.41, 5.74) is 4.04. The number of hydrogen-bond donors (Lipinski definition) is 0. The van der Waals surface area contributed by atoms with Gasteiger partial charge in [0.15, 0.2) is 0 Å². The molecule has 0 saturated heterocycles. The molecular formula is C21H29F. The summed E-state index contributed by atoms with van der Waals surface area (Å²) in [6.07, 6.45) is 15.7. The largest absolute Gasteiger partial charge is 0.207 e.